The van der Waals surface area contributed by atoms with Crippen molar-refractivity contribution >= 4 is 21.6 Å². The normalized spacial score (nSPS) is 28.9. The molecule has 0 bridgehead atoms. The highest BCUT2D eigenvalue weighted by Crippen LogP contribution is 2.47. The average Bonchev–Trinajstić information content (AvgIpc) is 2.45. The minimum Gasteiger partial charge on any atom is -0.496 e. The summed E-state index contributed by atoms with van der Waals surface area (Å²) < 4.78 is 12.1. The SMILES string of the molecule is CCOC1CC(Nc2ccc(OC)c(Br)c2)C1(C)CC. The Labute approximate surface area is 130 Å². The molecular weight excluding hydrogens is 318 g/mol. The molecule has 3 atom stereocenters. The molecule has 2 rings (SSSR count). The summed E-state index contributed by atoms with van der Waals surface area (Å²) in [6.45, 7) is 7.41. The number of nitrogens with one attached hydrogen (secondary N) is 1. The predicted octanol–water partition coefficient (Wildman–Crippen LogP) is 4.46. The molecule has 112 valence electrons. The molecule has 0 saturated heterocycles. The van der Waals surface area contributed by atoms with Crippen LogP contribution in [0.15, 0.2) is 22.7 Å². The van der Waals surface area contributed by atoms with Gasteiger partial charge in [-0.1, -0.05) is 13.8 Å². The zero-order valence-electron chi connectivity index (χ0n) is 12.7. The fourth-order valence-electron chi connectivity index (χ4n) is 2.93. The van der Waals surface area contributed by atoms with E-state index in [0.717, 1.165) is 35.4 Å². The second-order valence-corrected chi connectivity index (χ2v) is 6.44. The quantitative estimate of drug-likeness (QED) is 0.828. The minimum atomic E-state index is 0.211. The maximum Gasteiger partial charge on any atom is 0.133 e. The lowest BCUT2D eigenvalue weighted by molar-refractivity contribution is -0.109. The molecule has 1 saturated carbocycles. The van der Waals surface area contributed by atoms with Gasteiger partial charge in [-0.3, -0.25) is 0 Å². The van der Waals surface area contributed by atoms with E-state index in [4.69, 9.17) is 9.47 Å². The Hall–Kier alpha value is -0.740. The van der Waals surface area contributed by atoms with Gasteiger partial charge in [0.1, 0.15) is 5.75 Å². The molecule has 3 nitrogen and oxygen atoms in total. The van der Waals surface area contributed by atoms with Gasteiger partial charge in [0, 0.05) is 23.8 Å². The van der Waals surface area contributed by atoms with Crippen molar-refractivity contribution in [3.8, 4) is 5.75 Å². The summed E-state index contributed by atoms with van der Waals surface area (Å²) in [4.78, 5) is 0. The van der Waals surface area contributed by atoms with E-state index in [0.29, 0.717) is 12.1 Å². The van der Waals surface area contributed by atoms with E-state index in [-0.39, 0.29) is 5.41 Å². The number of anilines is 1. The lowest BCUT2D eigenvalue weighted by Crippen LogP contribution is -2.59. The first kappa shape index (κ1) is 15.6. The summed E-state index contributed by atoms with van der Waals surface area (Å²) in [5.41, 5.74) is 1.33. The van der Waals surface area contributed by atoms with Gasteiger partial charge in [0.25, 0.3) is 0 Å². The topological polar surface area (TPSA) is 30.5 Å². The Kier molecular flexibility index (Phi) is 4.97. The lowest BCUT2D eigenvalue weighted by Gasteiger charge is -2.54. The van der Waals surface area contributed by atoms with Crippen LogP contribution in [-0.4, -0.2) is 25.9 Å². The molecule has 0 radical (unpaired) electrons. The summed E-state index contributed by atoms with van der Waals surface area (Å²) in [6, 6.07) is 6.58. The highest BCUT2D eigenvalue weighted by atomic mass is 79.9. The van der Waals surface area contributed by atoms with Crippen LogP contribution in [0.4, 0.5) is 5.69 Å². The fraction of sp³-hybridized carbons (Fsp3) is 0.625. The Morgan fingerprint density at radius 1 is 1.40 bits per heavy atom. The van der Waals surface area contributed by atoms with Gasteiger partial charge in [0.05, 0.1) is 17.7 Å². The van der Waals surface area contributed by atoms with Crippen molar-refractivity contribution in [3.05, 3.63) is 22.7 Å². The molecular formula is C16H24BrNO2. The van der Waals surface area contributed by atoms with E-state index < -0.39 is 0 Å². The molecule has 20 heavy (non-hydrogen) atoms. The van der Waals surface area contributed by atoms with Gasteiger partial charge in [-0.2, -0.15) is 0 Å². The van der Waals surface area contributed by atoms with Crippen molar-refractivity contribution in [2.45, 2.75) is 45.8 Å². The van der Waals surface area contributed by atoms with Crippen LogP contribution in [0.5, 0.6) is 5.75 Å². The molecule has 1 aliphatic rings. The number of hydrogen-bond donors (Lipinski definition) is 1. The van der Waals surface area contributed by atoms with Crippen LogP contribution >= 0.6 is 15.9 Å². The van der Waals surface area contributed by atoms with Crippen LogP contribution in [0.3, 0.4) is 0 Å². The van der Waals surface area contributed by atoms with E-state index >= 15 is 0 Å². The number of ether oxygens (including phenoxy) is 2. The van der Waals surface area contributed by atoms with Crippen molar-refractivity contribution in [1.29, 1.82) is 0 Å². The van der Waals surface area contributed by atoms with Gasteiger partial charge in [-0.25, -0.2) is 0 Å². The number of benzene rings is 1. The Morgan fingerprint density at radius 2 is 2.15 bits per heavy atom. The summed E-state index contributed by atoms with van der Waals surface area (Å²) in [5, 5.41) is 3.63. The van der Waals surface area contributed by atoms with Crippen molar-refractivity contribution in [3.63, 3.8) is 0 Å². The standard InChI is InChI=1S/C16H24BrNO2/c1-5-16(3)14(10-15(16)20-6-2)18-11-7-8-13(19-4)12(17)9-11/h7-9,14-15,18H,5-6,10H2,1-4H3. The van der Waals surface area contributed by atoms with Crippen LogP contribution in [0.1, 0.15) is 33.6 Å². The average molecular weight is 342 g/mol. The zero-order chi connectivity index (χ0) is 14.8. The van der Waals surface area contributed by atoms with Crippen molar-refractivity contribution < 1.29 is 9.47 Å². The first-order chi connectivity index (χ1) is 9.55. The Balaban J connectivity index is 2.05. The summed E-state index contributed by atoms with van der Waals surface area (Å²) in [7, 11) is 1.68. The van der Waals surface area contributed by atoms with E-state index in [1.54, 1.807) is 7.11 Å². The number of hydrogen-bond acceptors (Lipinski definition) is 3. The van der Waals surface area contributed by atoms with Crippen LogP contribution in [0.2, 0.25) is 0 Å². The first-order valence-electron chi connectivity index (χ1n) is 7.26. The second kappa shape index (κ2) is 6.35. The third-order valence-electron chi connectivity index (χ3n) is 4.60. The molecule has 1 N–H and O–H groups in total. The third kappa shape index (κ3) is 2.82. The molecule has 1 fully saturated rings. The molecule has 0 amide bonds. The van der Waals surface area contributed by atoms with E-state index in [2.05, 4.69) is 54.2 Å². The molecule has 1 aliphatic carbocycles. The zero-order valence-corrected chi connectivity index (χ0v) is 14.3. The number of rotatable bonds is 6. The van der Waals surface area contributed by atoms with E-state index in [1.807, 2.05) is 6.07 Å². The maximum atomic E-state index is 5.84. The molecule has 0 aromatic heterocycles. The largest absolute Gasteiger partial charge is 0.496 e. The van der Waals surface area contributed by atoms with Crippen molar-refractivity contribution in [2.75, 3.05) is 19.0 Å². The van der Waals surface area contributed by atoms with Gasteiger partial charge < -0.3 is 14.8 Å². The van der Waals surface area contributed by atoms with Crippen molar-refractivity contribution in [1.82, 2.24) is 0 Å². The highest BCUT2D eigenvalue weighted by molar-refractivity contribution is 9.10. The molecule has 0 spiro atoms. The molecule has 0 aliphatic heterocycles. The molecule has 0 heterocycles. The number of halogens is 1. The first-order valence-corrected chi connectivity index (χ1v) is 8.06. The molecule has 1 aromatic rings. The monoisotopic (exact) mass is 341 g/mol. The Morgan fingerprint density at radius 3 is 2.70 bits per heavy atom. The van der Waals surface area contributed by atoms with Gasteiger partial charge in [-0.15, -0.1) is 0 Å². The smallest absolute Gasteiger partial charge is 0.133 e. The van der Waals surface area contributed by atoms with Crippen LogP contribution in [0, 0.1) is 5.41 Å². The van der Waals surface area contributed by atoms with Crippen LogP contribution in [0.25, 0.3) is 0 Å². The molecule has 1 aromatic carbocycles. The third-order valence-corrected chi connectivity index (χ3v) is 5.22. The predicted molar refractivity (Wildman–Crippen MR) is 86.5 cm³/mol. The Bertz CT molecular complexity index is 466. The van der Waals surface area contributed by atoms with Gasteiger partial charge in [-0.05, 0) is 53.9 Å². The van der Waals surface area contributed by atoms with E-state index in [1.165, 1.54) is 0 Å². The summed E-state index contributed by atoms with van der Waals surface area (Å²) >= 11 is 3.53. The van der Waals surface area contributed by atoms with Gasteiger partial charge in [0.15, 0.2) is 0 Å². The fourth-order valence-corrected chi connectivity index (χ4v) is 3.47. The summed E-state index contributed by atoms with van der Waals surface area (Å²) in [5.74, 6) is 0.856. The highest BCUT2D eigenvalue weighted by Gasteiger charge is 2.51. The summed E-state index contributed by atoms with van der Waals surface area (Å²) in [6.07, 6.45) is 2.56. The second-order valence-electron chi connectivity index (χ2n) is 5.59. The van der Waals surface area contributed by atoms with Crippen LogP contribution in [-0.2, 0) is 4.74 Å². The van der Waals surface area contributed by atoms with E-state index in [9.17, 15) is 0 Å². The minimum absolute atomic E-state index is 0.211. The molecule has 3 unspecified atom stereocenters. The number of methoxy groups -OCH3 is 1. The van der Waals surface area contributed by atoms with Crippen LogP contribution < -0.4 is 10.1 Å². The molecule has 4 heteroatoms. The van der Waals surface area contributed by atoms with Crippen molar-refractivity contribution in [2.24, 2.45) is 5.41 Å². The lowest BCUT2D eigenvalue weighted by atomic mass is 9.61. The van der Waals surface area contributed by atoms with Gasteiger partial charge in [0.2, 0.25) is 0 Å². The van der Waals surface area contributed by atoms with Gasteiger partial charge >= 0.3 is 0 Å². The maximum absolute atomic E-state index is 5.84.